The Morgan fingerprint density at radius 3 is 1.73 bits per heavy atom. The van der Waals surface area contributed by atoms with Crippen molar-refractivity contribution < 1.29 is 19.8 Å². The summed E-state index contributed by atoms with van der Waals surface area (Å²) in [6.45, 7) is 4.22. The molecule has 1 unspecified atom stereocenters. The molecular weight excluding hydrogens is 220 g/mol. The zero-order valence-corrected chi connectivity index (χ0v) is 9.96. The maximum atomic E-state index is 9.64. The van der Waals surface area contributed by atoms with Crippen molar-refractivity contribution in [2.24, 2.45) is 0 Å². The van der Waals surface area contributed by atoms with Gasteiger partial charge in [0.15, 0.2) is 0 Å². The minimum Gasteiger partial charge on any atom is -0.481 e. The highest BCUT2D eigenvalue weighted by Crippen LogP contribution is 2.04. The molecule has 0 amide bonds. The molecule has 1 atom stereocenters. The third kappa shape index (κ3) is 24.6. The number of carboxylic acid groups (broad SMARTS) is 2. The fourth-order valence-corrected chi connectivity index (χ4v) is 0.854. The number of rotatable bonds is 6. The van der Waals surface area contributed by atoms with Crippen LogP contribution >= 0.6 is 11.6 Å². The number of aliphatic carboxylic acids is 2. The fraction of sp³-hybridized carbons (Fsp3) is 0.800. The Bertz CT molecular complexity index is 166. The average Bonchev–Trinajstić information content (AvgIpc) is 2.12. The molecule has 0 aromatic carbocycles. The van der Waals surface area contributed by atoms with Crippen LogP contribution in [0, 0.1) is 0 Å². The lowest BCUT2D eigenvalue weighted by atomic mass is 10.2. The summed E-state index contributed by atoms with van der Waals surface area (Å²) in [6.07, 6.45) is 3.10. The van der Waals surface area contributed by atoms with E-state index in [2.05, 4.69) is 6.92 Å². The third-order valence-corrected chi connectivity index (χ3v) is 1.73. The van der Waals surface area contributed by atoms with E-state index in [-0.39, 0.29) is 12.8 Å². The van der Waals surface area contributed by atoms with Crippen molar-refractivity contribution in [1.29, 1.82) is 0 Å². The minimum absolute atomic E-state index is 0.296. The van der Waals surface area contributed by atoms with E-state index in [1.807, 2.05) is 6.92 Å². The number of hydrogen-bond acceptors (Lipinski definition) is 2. The highest BCUT2D eigenvalue weighted by atomic mass is 35.5. The van der Waals surface area contributed by atoms with Gasteiger partial charge in [0.25, 0.3) is 0 Å². The van der Waals surface area contributed by atoms with Crippen LogP contribution in [-0.2, 0) is 9.59 Å². The van der Waals surface area contributed by atoms with Crippen molar-refractivity contribution in [3.05, 3.63) is 0 Å². The second-order valence-corrected chi connectivity index (χ2v) is 3.96. The van der Waals surface area contributed by atoms with Gasteiger partial charge in [0, 0.05) is 5.38 Å². The van der Waals surface area contributed by atoms with Crippen molar-refractivity contribution in [2.45, 2.75) is 51.3 Å². The van der Waals surface area contributed by atoms with Crippen molar-refractivity contribution in [2.75, 3.05) is 0 Å². The number of unbranched alkanes of at least 4 members (excludes halogenated alkanes) is 1. The van der Waals surface area contributed by atoms with Crippen molar-refractivity contribution in [1.82, 2.24) is 0 Å². The summed E-state index contributed by atoms with van der Waals surface area (Å²) >= 11 is 5.66. The van der Waals surface area contributed by atoms with Gasteiger partial charge >= 0.3 is 11.9 Å². The van der Waals surface area contributed by atoms with Crippen LogP contribution in [0.1, 0.15) is 46.0 Å². The molecule has 0 bridgehead atoms. The zero-order valence-electron chi connectivity index (χ0n) is 9.20. The molecule has 90 valence electrons. The van der Waals surface area contributed by atoms with Crippen LogP contribution in [0.15, 0.2) is 0 Å². The summed E-state index contributed by atoms with van der Waals surface area (Å²) in [5.74, 6) is -2.15. The molecule has 0 heterocycles. The van der Waals surface area contributed by atoms with E-state index in [4.69, 9.17) is 21.8 Å². The van der Waals surface area contributed by atoms with Crippen molar-refractivity contribution in [3.8, 4) is 0 Å². The molecule has 0 aliphatic heterocycles. The number of alkyl halides is 1. The highest BCUT2D eigenvalue weighted by Gasteiger charge is 2.00. The van der Waals surface area contributed by atoms with Gasteiger partial charge < -0.3 is 10.2 Å². The summed E-state index contributed by atoms with van der Waals surface area (Å²) < 4.78 is 0. The topological polar surface area (TPSA) is 74.6 Å². The van der Waals surface area contributed by atoms with Crippen LogP contribution in [0.2, 0.25) is 0 Å². The number of carbonyl (C=O) groups is 2. The van der Waals surface area contributed by atoms with Gasteiger partial charge in [-0.15, -0.1) is 11.6 Å². The molecule has 5 heteroatoms. The minimum atomic E-state index is -1.08. The molecule has 0 aromatic heterocycles. The van der Waals surface area contributed by atoms with Gasteiger partial charge in [-0.2, -0.15) is 0 Å². The monoisotopic (exact) mass is 238 g/mol. The smallest absolute Gasteiger partial charge is 0.303 e. The first-order valence-electron chi connectivity index (χ1n) is 4.97. The van der Waals surface area contributed by atoms with Crippen LogP contribution in [-0.4, -0.2) is 27.5 Å². The van der Waals surface area contributed by atoms with Crippen LogP contribution < -0.4 is 0 Å². The van der Waals surface area contributed by atoms with Crippen LogP contribution in [0.5, 0.6) is 0 Å². The van der Waals surface area contributed by atoms with Gasteiger partial charge in [-0.3, -0.25) is 9.59 Å². The molecule has 0 aliphatic rings. The first-order valence-corrected chi connectivity index (χ1v) is 5.41. The van der Waals surface area contributed by atoms with E-state index in [0.29, 0.717) is 5.38 Å². The fourth-order valence-electron chi connectivity index (χ4n) is 0.699. The largest absolute Gasteiger partial charge is 0.481 e. The Balaban J connectivity index is 0. The molecule has 0 radical (unpaired) electrons. The van der Waals surface area contributed by atoms with Gasteiger partial charge in [-0.05, 0) is 13.3 Å². The molecule has 0 fully saturated rings. The summed E-state index contributed by atoms with van der Waals surface area (Å²) in [5, 5.41) is 16.2. The highest BCUT2D eigenvalue weighted by molar-refractivity contribution is 6.20. The second-order valence-electron chi connectivity index (χ2n) is 3.21. The normalized spacial score (nSPS) is 11.1. The molecule has 2 N–H and O–H groups in total. The molecule has 0 saturated heterocycles. The molecule has 15 heavy (non-hydrogen) atoms. The van der Waals surface area contributed by atoms with Gasteiger partial charge in [-0.1, -0.05) is 19.8 Å². The predicted octanol–water partition coefficient (Wildman–Crippen LogP) is 2.74. The first kappa shape index (κ1) is 16.7. The van der Waals surface area contributed by atoms with Gasteiger partial charge in [0.1, 0.15) is 0 Å². The van der Waals surface area contributed by atoms with Crippen LogP contribution in [0.3, 0.4) is 0 Å². The first-order chi connectivity index (χ1) is 6.90. The lowest BCUT2D eigenvalue weighted by molar-refractivity contribution is -0.143. The van der Waals surface area contributed by atoms with E-state index in [0.717, 1.165) is 6.42 Å². The standard InChI is InChI=1S/C6H13Cl.C4H6O4/c1-3-4-5-6(2)7;5-3(6)1-2-4(7)8/h6H,3-5H2,1-2H3;1-2H2,(H,5,6)(H,7,8). The van der Waals surface area contributed by atoms with Gasteiger partial charge in [-0.25, -0.2) is 0 Å². The molecule has 0 rings (SSSR count). The Morgan fingerprint density at radius 1 is 1.20 bits per heavy atom. The molecule has 0 aromatic rings. The Kier molecular flexibility index (Phi) is 12.6. The van der Waals surface area contributed by atoms with Crippen molar-refractivity contribution in [3.63, 3.8) is 0 Å². The van der Waals surface area contributed by atoms with E-state index in [9.17, 15) is 9.59 Å². The number of hydrogen-bond donors (Lipinski definition) is 2. The summed E-state index contributed by atoms with van der Waals surface area (Å²) in [4.78, 5) is 19.3. The maximum absolute atomic E-state index is 9.64. The Labute approximate surface area is 95.2 Å². The lowest BCUT2D eigenvalue weighted by Gasteiger charge is -1.96. The third-order valence-electron chi connectivity index (χ3n) is 1.51. The summed E-state index contributed by atoms with van der Waals surface area (Å²) in [7, 11) is 0. The van der Waals surface area contributed by atoms with Gasteiger partial charge in [0.2, 0.25) is 0 Å². The quantitative estimate of drug-likeness (QED) is 0.698. The van der Waals surface area contributed by atoms with E-state index in [1.165, 1.54) is 12.8 Å². The van der Waals surface area contributed by atoms with Gasteiger partial charge in [0.05, 0.1) is 12.8 Å². The number of carboxylic acids is 2. The molecule has 4 nitrogen and oxygen atoms in total. The Morgan fingerprint density at radius 2 is 1.60 bits per heavy atom. The zero-order chi connectivity index (χ0) is 12.3. The molecular formula is C10H19ClO4. The summed E-state index contributed by atoms with van der Waals surface area (Å²) in [5.41, 5.74) is 0. The van der Waals surface area contributed by atoms with E-state index >= 15 is 0 Å². The lowest BCUT2D eigenvalue weighted by Crippen LogP contribution is -2.00. The Hall–Kier alpha value is -0.770. The van der Waals surface area contributed by atoms with E-state index < -0.39 is 11.9 Å². The molecule has 0 spiro atoms. The van der Waals surface area contributed by atoms with E-state index in [1.54, 1.807) is 0 Å². The maximum Gasteiger partial charge on any atom is 0.303 e. The van der Waals surface area contributed by atoms with Crippen LogP contribution in [0.4, 0.5) is 0 Å². The molecule has 0 aliphatic carbocycles. The average molecular weight is 239 g/mol. The predicted molar refractivity (Wildman–Crippen MR) is 59.3 cm³/mol. The van der Waals surface area contributed by atoms with Crippen molar-refractivity contribution >= 4 is 23.5 Å². The number of halogens is 1. The summed E-state index contributed by atoms with van der Waals surface area (Å²) in [6, 6.07) is 0. The molecule has 0 saturated carbocycles. The van der Waals surface area contributed by atoms with Crippen LogP contribution in [0.25, 0.3) is 0 Å². The SMILES string of the molecule is CCCCC(C)Cl.O=C(O)CCC(=O)O. The second kappa shape index (κ2) is 11.3.